The largest absolute Gasteiger partial charge is 0.351 e. The highest BCUT2D eigenvalue weighted by atomic mass is 15.1. The topological polar surface area (TPSA) is 37.8 Å². The Hall–Kier alpha value is -1.12. The zero-order valence-corrected chi connectivity index (χ0v) is 11.0. The van der Waals surface area contributed by atoms with Crippen molar-refractivity contribution in [3.63, 3.8) is 0 Å². The number of anilines is 1. The van der Waals surface area contributed by atoms with Crippen LogP contribution in [0.2, 0.25) is 0 Å². The molecule has 1 N–H and O–H groups in total. The Morgan fingerprint density at radius 3 is 2.06 bits per heavy atom. The molecule has 1 aromatic heterocycles. The molecule has 0 saturated carbocycles. The number of hydrogen-bond acceptors (Lipinski definition) is 3. The first-order valence-electron chi connectivity index (χ1n) is 6.40. The molecular weight excluding hydrogens is 198 g/mol. The highest BCUT2D eigenvalue weighted by Crippen LogP contribution is 2.09. The van der Waals surface area contributed by atoms with E-state index in [0.717, 1.165) is 5.95 Å². The van der Waals surface area contributed by atoms with Gasteiger partial charge in [0, 0.05) is 19.9 Å². The maximum atomic E-state index is 4.16. The van der Waals surface area contributed by atoms with Crippen LogP contribution >= 0.6 is 0 Å². The van der Waals surface area contributed by atoms with Crippen molar-refractivity contribution in [3.8, 4) is 0 Å². The van der Waals surface area contributed by atoms with Crippen LogP contribution in [0.5, 0.6) is 0 Å². The second kappa shape index (κ2) is 10.4. The molecule has 0 aliphatic rings. The van der Waals surface area contributed by atoms with E-state index in [2.05, 4.69) is 29.1 Å². The molecule has 0 atom stereocenters. The van der Waals surface area contributed by atoms with E-state index < -0.39 is 0 Å². The highest BCUT2D eigenvalue weighted by molar-refractivity contribution is 5.23. The van der Waals surface area contributed by atoms with Crippen molar-refractivity contribution in [2.45, 2.75) is 59.4 Å². The van der Waals surface area contributed by atoms with E-state index in [-0.39, 0.29) is 1.43 Å². The molecule has 0 unspecified atom stereocenters. The molecule has 0 amide bonds. The smallest absolute Gasteiger partial charge is 0.222 e. The predicted molar refractivity (Wildman–Crippen MR) is 72.7 cm³/mol. The first-order chi connectivity index (χ1) is 7.86. The van der Waals surface area contributed by atoms with Crippen molar-refractivity contribution in [2.75, 3.05) is 5.32 Å². The van der Waals surface area contributed by atoms with Crippen LogP contribution in [0.25, 0.3) is 0 Å². The highest BCUT2D eigenvalue weighted by Gasteiger charge is 2.06. The fourth-order valence-electron chi connectivity index (χ4n) is 1.54. The Morgan fingerprint density at radius 2 is 1.62 bits per heavy atom. The number of nitrogens with one attached hydrogen (secondary N) is 1. The number of hydrogen-bond donors (Lipinski definition) is 1. The molecule has 1 heterocycles. The molecule has 1 aromatic rings. The standard InChI is InChI=1S/C11H19N3.C2H6.H2/c1-3-6-10(7-4-2)14-11-12-8-5-9-13-11;1-2;/h5,8-10H,3-4,6-7H2,1-2H3,(H,12,13,14);1-2H3;1H. The van der Waals surface area contributed by atoms with Gasteiger partial charge in [-0.05, 0) is 18.9 Å². The van der Waals surface area contributed by atoms with Gasteiger partial charge in [0.25, 0.3) is 0 Å². The molecule has 0 aromatic carbocycles. The van der Waals surface area contributed by atoms with Gasteiger partial charge in [0.15, 0.2) is 0 Å². The van der Waals surface area contributed by atoms with E-state index in [0.29, 0.717) is 6.04 Å². The van der Waals surface area contributed by atoms with Crippen LogP contribution < -0.4 is 5.32 Å². The summed E-state index contributed by atoms with van der Waals surface area (Å²) in [7, 11) is 0. The molecule has 0 bridgehead atoms. The normalized spacial score (nSPS) is 9.56. The third kappa shape index (κ3) is 6.38. The van der Waals surface area contributed by atoms with Crippen molar-refractivity contribution in [2.24, 2.45) is 0 Å². The zero-order chi connectivity index (χ0) is 12.2. The zero-order valence-electron chi connectivity index (χ0n) is 11.0. The van der Waals surface area contributed by atoms with E-state index in [1.165, 1.54) is 25.7 Å². The van der Waals surface area contributed by atoms with E-state index >= 15 is 0 Å². The van der Waals surface area contributed by atoms with Crippen molar-refractivity contribution in [1.29, 1.82) is 0 Å². The maximum absolute atomic E-state index is 4.16. The number of nitrogens with zero attached hydrogens (tertiary/aromatic N) is 2. The molecule has 0 radical (unpaired) electrons. The van der Waals surface area contributed by atoms with E-state index in [1.54, 1.807) is 12.4 Å². The maximum Gasteiger partial charge on any atom is 0.222 e. The third-order valence-electron chi connectivity index (χ3n) is 2.17. The van der Waals surface area contributed by atoms with Crippen molar-refractivity contribution in [3.05, 3.63) is 18.5 Å². The monoisotopic (exact) mass is 225 g/mol. The lowest BCUT2D eigenvalue weighted by atomic mass is 10.1. The molecule has 3 nitrogen and oxygen atoms in total. The van der Waals surface area contributed by atoms with Gasteiger partial charge < -0.3 is 5.32 Å². The lowest BCUT2D eigenvalue weighted by Gasteiger charge is -2.16. The van der Waals surface area contributed by atoms with Crippen LogP contribution in [0.3, 0.4) is 0 Å². The van der Waals surface area contributed by atoms with Crippen LogP contribution in [-0.2, 0) is 0 Å². The average Bonchev–Trinajstić information content (AvgIpc) is 2.34. The second-order valence-corrected chi connectivity index (χ2v) is 3.49. The summed E-state index contributed by atoms with van der Waals surface area (Å²) in [6.07, 6.45) is 8.31. The van der Waals surface area contributed by atoms with Crippen molar-refractivity contribution >= 4 is 5.95 Å². The Labute approximate surface area is 101 Å². The first-order valence-corrected chi connectivity index (χ1v) is 6.40. The second-order valence-electron chi connectivity index (χ2n) is 3.49. The summed E-state index contributed by atoms with van der Waals surface area (Å²) in [5.41, 5.74) is 0. The van der Waals surface area contributed by atoms with Crippen molar-refractivity contribution in [1.82, 2.24) is 9.97 Å². The summed E-state index contributed by atoms with van der Waals surface area (Å²) in [6.45, 7) is 8.41. The fraction of sp³-hybridized carbons (Fsp3) is 0.692. The Kier molecular flexibility index (Phi) is 9.67. The van der Waals surface area contributed by atoms with Gasteiger partial charge in [-0.3, -0.25) is 0 Å². The molecule has 94 valence electrons. The molecule has 0 fully saturated rings. The van der Waals surface area contributed by atoms with Gasteiger partial charge in [0.05, 0.1) is 0 Å². The minimum Gasteiger partial charge on any atom is -0.351 e. The molecule has 0 aliphatic carbocycles. The summed E-state index contributed by atoms with van der Waals surface area (Å²) in [4.78, 5) is 8.32. The van der Waals surface area contributed by atoms with Crippen LogP contribution in [-0.4, -0.2) is 16.0 Å². The lowest BCUT2D eigenvalue weighted by Crippen LogP contribution is -2.20. The Balaban J connectivity index is 0. The van der Waals surface area contributed by atoms with Crippen LogP contribution in [0.4, 0.5) is 5.95 Å². The minimum absolute atomic E-state index is 0. The molecular formula is C13H27N3. The summed E-state index contributed by atoms with van der Waals surface area (Å²) in [5, 5.41) is 3.36. The summed E-state index contributed by atoms with van der Waals surface area (Å²) >= 11 is 0. The Morgan fingerprint density at radius 1 is 1.12 bits per heavy atom. The van der Waals surface area contributed by atoms with Crippen molar-refractivity contribution < 1.29 is 1.43 Å². The summed E-state index contributed by atoms with van der Waals surface area (Å²) in [6, 6.07) is 2.35. The quantitative estimate of drug-likeness (QED) is 0.791. The van der Waals surface area contributed by atoms with Crippen LogP contribution in [0, 0.1) is 0 Å². The van der Waals surface area contributed by atoms with E-state index in [4.69, 9.17) is 0 Å². The number of rotatable bonds is 6. The van der Waals surface area contributed by atoms with Crippen LogP contribution in [0.1, 0.15) is 54.8 Å². The van der Waals surface area contributed by atoms with Crippen LogP contribution in [0.15, 0.2) is 18.5 Å². The lowest BCUT2D eigenvalue weighted by molar-refractivity contribution is 0.582. The van der Waals surface area contributed by atoms with Gasteiger partial charge in [-0.2, -0.15) is 0 Å². The van der Waals surface area contributed by atoms with E-state index in [1.807, 2.05) is 19.9 Å². The van der Waals surface area contributed by atoms with Gasteiger partial charge in [-0.15, -0.1) is 0 Å². The van der Waals surface area contributed by atoms with Gasteiger partial charge in [0.1, 0.15) is 0 Å². The third-order valence-corrected chi connectivity index (χ3v) is 2.17. The fourth-order valence-corrected chi connectivity index (χ4v) is 1.54. The summed E-state index contributed by atoms with van der Waals surface area (Å²) in [5.74, 6) is 0.749. The summed E-state index contributed by atoms with van der Waals surface area (Å²) < 4.78 is 0. The molecule has 0 spiro atoms. The minimum atomic E-state index is 0. The predicted octanol–water partition coefficient (Wildman–Crippen LogP) is 4.13. The Bertz CT molecular complexity index is 236. The molecule has 1 rings (SSSR count). The first kappa shape index (κ1) is 14.9. The molecule has 0 aliphatic heterocycles. The van der Waals surface area contributed by atoms with Gasteiger partial charge in [0.2, 0.25) is 5.95 Å². The number of aromatic nitrogens is 2. The SMILES string of the molecule is CC.CCCC(CCC)Nc1ncccn1.[HH]. The molecule has 3 heteroatoms. The van der Waals surface area contributed by atoms with Gasteiger partial charge in [-0.25, -0.2) is 9.97 Å². The van der Waals surface area contributed by atoms with E-state index in [9.17, 15) is 0 Å². The molecule has 16 heavy (non-hydrogen) atoms. The molecule has 0 saturated heterocycles. The van der Waals surface area contributed by atoms with Gasteiger partial charge >= 0.3 is 0 Å². The average molecular weight is 225 g/mol. The van der Waals surface area contributed by atoms with Gasteiger partial charge in [-0.1, -0.05) is 40.5 Å².